The van der Waals surface area contributed by atoms with Crippen molar-refractivity contribution in [2.24, 2.45) is 10.7 Å². The third-order valence-electron chi connectivity index (χ3n) is 2.72. The highest BCUT2D eigenvalue weighted by Crippen LogP contribution is 2.11. The smallest absolute Gasteiger partial charge is 0.188 e. The maximum absolute atomic E-state index is 5.75. The van der Waals surface area contributed by atoms with E-state index < -0.39 is 0 Å². The van der Waals surface area contributed by atoms with Crippen LogP contribution >= 0.6 is 24.0 Å². The number of nitrogens with one attached hydrogen (secondary N) is 1. The highest BCUT2D eigenvalue weighted by atomic mass is 127. The van der Waals surface area contributed by atoms with Crippen LogP contribution in [0.5, 0.6) is 0 Å². The molecule has 1 saturated heterocycles. The molecule has 0 saturated carbocycles. The molecule has 0 aliphatic carbocycles. The zero-order chi connectivity index (χ0) is 11.9. The van der Waals surface area contributed by atoms with Crippen LogP contribution in [0.3, 0.4) is 0 Å². The number of imidazole rings is 1. The van der Waals surface area contributed by atoms with Crippen LogP contribution in [0.1, 0.15) is 12.8 Å². The molecule has 0 radical (unpaired) electrons. The first-order valence-electron chi connectivity index (χ1n) is 5.96. The fourth-order valence-electron chi connectivity index (χ4n) is 1.78. The molecule has 2 heterocycles. The Labute approximate surface area is 124 Å². The average Bonchev–Trinajstić information content (AvgIpc) is 2.99. The molecule has 1 unspecified atom stereocenters. The van der Waals surface area contributed by atoms with Gasteiger partial charge in [0.2, 0.25) is 0 Å². The van der Waals surface area contributed by atoms with Crippen LogP contribution < -0.4 is 11.1 Å². The van der Waals surface area contributed by atoms with E-state index in [1.807, 2.05) is 10.8 Å². The van der Waals surface area contributed by atoms with Gasteiger partial charge in [0.25, 0.3) is 0 Å². The molecular formula is C11H20IN5O. The fraction of sp³-hybridized carbons (Fsp3) is 0.636. The molecule has 0 aromatic carbocycles. The monoisotopic (exact) mass is 365 g/mol. The molecule has 102 valence electrons. The van der Waals surface area contributed by atoms with Gasteiger partial charge in [0.15, 0.2) is 5.96 Å². The number of aliphatic imine (C=N–C) groups is 1. The predicted molar refractivity (Wildman–Crippen MR) is 81.1 cm³/mol. The van der Waals surface area contributed by atoms with E-state index in [0.29, 0.717) is 12.5 Å². The summed E-state index contributed by atoms with van der Waals surface area (Å²) in [5, 5.41) is 3.07. The number of guanidine groups is 1. The molecule has 1 aromatic heterocycles. The van der Waals surface area contributed by atoms with Gasteiger partial charge in [-0.25, -0.2) is 4.98 Å². The van der Waals surface area contributed by atoms with Crippen molar-refractivity contribution in [3.05, 3.63) is 18.7 Å². The van der Waals surface area contributed by atoms with E-state index >= 15 is 0 Å². The van der Waals surface area contributed by atoms with Crippen LogP contribution in [0.25, 0.3) is 0 Å². The average molecular weight is 365 g/mol. The van der Waals surface area contributed by atoms with Gasteiger partial charge in [-0.05, 0) is 12.8 Å². The first-order valence-corrected chi connectivity index (χ1v) is 5.96. The van der Waals surface area contributed by atoms with Gasteiger partial charge in [0, 0.05) is 32.1 Å². The lowest BCUT2D eigenvalue weighted by atomic mass is 10.2. The minimum absolute atomic E-state index is 0. The Kier molecular flexibility index (Phi) is 7.02. The molecule has 1 atom stereocenters. The van der Waals surface area contributed by atoms with Crippen molar-refractivity contribution in [3.63, 3.8) is 0 Å². The standard InChI is InChI=1S/C11H19N5O.HI/c12-11(15-8-10-2-1-7-17-10)14-4-6-16-5-3-13-9-16;/h3,5,9-10H,1-2,4,6-8H2,(H3,12,14,15);1H. The van der Waals surface area contributed by atoms with Crippen molar-refractivity contribution in [2.75, 3.05) is 19.7 Å². The van der Waals surface area contributed by atoms with Crippen molar-refractivity contribution in [3.8, 4) is 0 Å². The molecule has 0 spiro atoms. The third kappa shape index (κ3) is 5.21. The van der Waals surface area contributed by atoms with Gasteiger partial charge in [-0.1, -0.05) is 0 Å². The molecule has 0 amide bonds. The summed E-state index contributed by atoms with van der Waals surface area (Å²) in [6.45, 7) is 3.09. The molecule has 7 heteroatoms. The van der Waals surface area contributed by atoms with E-state index in [0.717, 1.165) is 32.5 Å². The second-order valence-corrected chi connectivity index (χ2v) is 4.09. The normalized spacial score (nSPS) is 19.6. The first kappa shape index (κ1) is 15.2. The van der Waals surface area contributed by atoms with Crippen molar-refractivity contribution in [1.82, 2.24) is 14.9 Å². The SMILES string of the molecule is I.NC(=NCC1CCCO1)NCCn1ccnc1. The Hall–Kier alpha value is -0.830. The maximum atomic E-state index is 5.75. The molecule has 6 nitrogen and oxygen atoms in total. The van der Waals surface area contributed by atoms with Gasteiger partial charge < -0.3 is 20.4 Å². The second-order valence-electron chi connectivity index (χ2n) is 4.09. The molecule has 18 heavy (non-hydrogen) atoms. The van der Waals surface area contributed by atoms with Gasteiger partial charge in [0.05, 0.1) is 19.0 Å². The highest BCUT2D eigenvalue weighted by molar-refractivity contribution is 14.0. The summed E-state index contributed by atoms with van der Waals surface area (Å²) in [4.78, 5) is 8.22. The Morgan fingerprint density at radius 1 is 1.61 bits per heavy atom. The summed E-state index contributed by atoms with van der Waals surface area (Å²) < 4.78 is 7.45. The zero-order valence-corrected chi connectivity index (χ0v) is 12.6. The lowest BCUT2D eigenvalue weighted by Crippen LogP contribution is -2.34. The van der Waals surface area contributed by atoms with E-state index in [1.165, 1.54) is 0 Å². The molecular weight excluding hydrogens is 345 g/mol. The van der Waals surface area contributed by atoms with Crippen molar-refractivity contribution >= 4 is 29.9 Å². The van der Waals surface area contributed by atoms with Gasteiger partial charge in [-0.2, -0.15) is 0 Å². The Morgan fingerprint density at radius 3 is 3.17 bits per heavy atom. The van der Waals surface area contributed by atoms with Crippen LogP contribution in [0.2, 0.25) is 0 Å². The molecule has 2 rings (SSSR count). The quantitative estimate of drug-likeness (QED) is 0.455. The van der Waals surface area contributed by atoms with E-state index in [-0.39, 0.29) is 30.1 Å². The van der Waals surface area contributed by atoms with E-state index in [9.17, 15) is 0 Å². The highest BCUT2D eigenvalue weighted by Gasteiger charge is 2.14. The Morgan fingerprint density at radius 2 is 2.50 bits per heavy atom. The minimum atomic E-state index is 0. The number of aromatic nitrogens is 2. The van der Waals surface area contributed by atoms with Crippen LogP contribution in [0.4, 0.5) is 0 Å². The summed E-state index contributed by atoms with van der Waals surface area (Å²) in [6.07, 6.45) is 7.93. The molecule has 1 aromatic rings. The summed E-state index contributed by atoms with van der Waals surface area (Å²) in [7, 11) is 0. The van der Waals surface area contributed by atoms with Crippen LogP contribution in [-0.4, -0.2) is 41.3 Å². The van der Waals surface area contributed by atoms with Gasteiger partial charge in [-0.3, -0.25) is 4.99 Å². The van der Waals surface area contributed by atoms with E-state index in [4.69, 9.17) is 10.5 Å². The molecule has 3 N–H and O–H groups in total. The number of rotatable bonds is 5. The summed E-state index contributed by atoms with van der Waals surface area (Å²) >= 11 is 0. The van der Waals surface area contributed by atoms with Crippen molar-refractivity contribution < 1.29 is 4.74 Å². The van der Waals surface area contributed by atoms with E-state index in [2.05, 4.69) is 15.3 Å². The predicted octanol–water partition coefficient (Wildman–Crippen LogP) is 0.584. The topological polar surface area (TPSA) is 77.5 Å². The number of hydrogen-bond acceptors (Lipinski definition) is 3. The van der Waals surface area contributed by atoms with Crippen LogP contribution in [-0.2, 0) is 11.3 Å². The second kappa shape index (κ2) is 8.30. The number of hydrogen-bond donors (Lipinski definition) is 2. The maximum Gasteiger partial charge on any atom is 0.188 e. The fourth-order valence-corrected chi connectivity index (χ4v) is 1.78. The summed E-state index contributed by atoms with van der Waals surface area (Å²) in [5.74, 6) is 0.487. The van der Waals surface area contributed by atoms with Crippen molar-refractivity contribution in [1.29, 1.82) is 0 Å². The molecule has 1 fully saturated rings. The lowest BCUT2D eigenvalue weighted by Gasteiger charge is -2.08. The summed E-state index contributed by atoms with van der Waals surface area (Å²) in [5.41, 5.74) is 5.75. The first-order chi connectivity index (χ1) is 8.34. The van der Waals surface area contributed by atoms with Gasteiger partial charge >= 0.3 is 0 Å². The van der Waals surface area contributed by atoms with Crippen molar-refractivity contribution in [2.45, 2.75) is 25.5 Å². The van der Waals surface area contributed by atoms with Gasteiger partial charge in [0.1, 0.15) is 0 Å². The Bertz CT molecular complexity index is 348. The molecule has 1 aliphatic heterocycles. The third-order valence-corrected chi connectivity index (χ3v) is 2.72. The largest absolute Gasteiger partial charge is 0.376 e. The zero-order valence-electron chi connectivity index (χ0n) is 10.3. The number of nitrogens with two attached hydrogens (primary N) is 1. The molecule has 0 bridgehead atoms. The van der Waals surface area contributed by atoms with Crippen LogP contribution in [0.15, 0.2) is 23.7 Å². The van der Waals surface area contributed by atoms with Gasteiger partial charge in [-0.15, -0.1) is 24.0 Å². The number of ether oxygens (including phenoxy) is 1. The van der Waals surface area contributed by atoms with E-state index in [1.54, 1.807) is 12.5 Å². The molecule has 1 aliphatic rings. The van der Waals surface area contributed by atoms with Crippen LogP contribution in [0, 0.1) is 0 Å². The lowest BCUT2D eigenvalue weighted by molar-refractivity contribution is 0.118. The minimum Gasteiger partial charge on any atom is -0.376 e. The Balaban J connectivity index is 0.00000162. The number of halogens is 1. The number of nitrogens with zero attached hydrogens (tertiary/aromatic N) is 3. The summed E-state index contributed by atoms with van der Waals surface area (Å²) in [6, 6.07) is 0.